The first-order valence-corrected chi connectivity index (χ1v) is 9.45. The molecule has 0 saturated carbocycles. The van der Waals surface area contributed by atoms with E-state index in [-0.39, 0.29) is 17.8 Å². The van der Waals surface area contributed by atoms with Crippen molar-refractivity contribution in [3.05, 3.63) is 65.7 Å². The molecule has 0 spiro atoms. The van der Waals surface area contributed by atoms with Gasteiger partial charge in [0.25, 0.3) is 0 Å². The molecule has 3 aromatic rings. The number of hydrogen-bond donors (Lipinski definition) is 2. The molecule has 0 aliphatic carbocycles. The summed E-state index contributed by atoms with van der Waals surface area (Å²) < 4.78 is 14.5. The van der Waals surface area contributed by atoms with Gasteiger partial charge < -0.3 is 5.32 Å². The van der Waals surface area contributed by atoms with E-state index in [9.17, 15) is 4.39 Å². The van der Waals surface area contributed by atoms with Crippen molar-refractivity contribution in [3.8, 4) is 11.4 Å². The van der Waals surface area contributed by atoms with Gasteiger partial charge in [-0.15, -0.1) is 0 Å². The summed E-state index contributed by atoms with van der Waals surface area (Å²) in [5, 5.41) is 10.3. The first kappa shape index (κ1) is 19.1. The molecule has 3 rings (SSSR count). The van der Waals surface area contributed by atoms with Crippen molar-refractivity contribution in [2.45, 2.75) is 52.0 Å². The van der Waals surface area contributed by atoms with Gasteiger partial charge in [-0.3, -0.25) is 5.10 Å². The summed E-state index contributed by atoms with van der Waals surface area (Å²) in [6, 6.07) is 13.9. The topological polar surface area (TPSA) is 53.6 Å². The van der Waals surface area contributed by atoms with Crippen LogP contribution in [0.2, 0.25) is 0 Å². The number of halogens is 1. The van der Waals surface area contributed by atoms with Crippen molar-refractivity contribution in [2.24, 2.45) is 0 Å². The van der Waals surface area contributed by atoms with E-state index in [1.807, 2.05) is 36.4 Å². The van der Waals surface area contributed by atoms with Crippen molar-refractivity contribution in [2.75, 3.05) is 5.32 Å². The summed E-state index contributed by atoms with van der Waals surface area (Å²) in [5.41, 5.74) is 3.81. The average Bonchev–Trinajstić information content (AvgIpc) is 3.16. The standard InChI is InChI=1S/C22H27FN4/c1-14(2)17-8-9-20(21(23)12-17)15(3)10-16(4)26-19-7-5-6-18(11-19)22-24-13-25-27-22/h5-9,11-16,26H,10H2,1-4H3,(H,24,25,27). The van der Waals surface area contributed by atoms with Crippen LogP contribution in [0.3, 0.4) is 0 Å². The number of nitrogens with zero attached hydrogens (tertiary/aromatic N) is 2. The largest absolute Gasteiger partial charge is 0.383 e. The van der Waals surface area contributed by atoms with Gasteiger partial charge in [-0.1, -0.05) is 45.0 Å². The highest BCUT2D eigenvalue weighted by molar-refractivity contribution is 5.62. The van der Waals surface area contributed by atoms with Crippen LogP contribution >= 0.6 is 0 Å². The lowest BCUT2D eigenvalue weighted by molar-refractivity contribution is 0.552. The zero-order valence-corrected chi connectivity index (χ0v) is 16.3. The number of anilines is 1. The van der Waals surface area contributed by atoms with E-state index < -0.39 is 0 Å². The molecule has 1 aromatic heterocycles. The molecule has 2 atom stereocenters. The molecule has 0 aliphatic heterocycles. The number of rotatable bonds is 7. The van der Waals surface area contributed by atoms with Crippen LogP contribution in [0.1, 0.15) is 57.1 Å². The summed E-state index contributed by atoms with van der Waals surface area (Å²) in [5.74, 6) is 1.10. The second-order valence-corrected chi connectivity index (χ2v) is 7.53. The smallest absolute Gasteiger partial charge is 0.155 e. The van der Waals surface area contributed by atoms with Crippen molar-refractivity contribution in [3.63, 3.8) is 0 Å². The average molecular weight is 366 g/mol. The third-order valence-electron chi connectivity index (χ3n) is 4.89. The van der Waals surface area contributed by atoms with Gasteiger partial charge in [-0.2, -0.15) is 5.10 Å². The molecule has 2 unspecified atom stereocenters. The molecule has 0 fully saturated rings. The van der Waals surface area contributed by atoms with Gasteiger partial charge in [0.2, 0.25) is 0 Å². The maximum Gasteiger partial charge on any atom is 0.155 e. The lowest BCUT2D eigenvalue weighted by Gasteiger charge is -2.21. The van der Waals surface area contributed by atoms with E-state index in [4.69, 9.17) is 0 Å². The number of hydrogen-bond acceptors (Lipinski definition) is 3. The Bertz CT molecular complexity index is 874. The van der Waals surface area contributed by atoms with Gasteiger partial charge >= 0.3 is 0 Å². The lowest BCUT2D eigenvalue weighted by Crippen LogP contribution is -2.18. The maximum atomic E-state index is 14.5. The van der Waals surface area contributed by atoms with E-state index in [1.54, 1.807) is 6.07 Å². The van der Waals surface area contributed by atoms with Crippen LogP contribution in [0, 0.1) is 5.82 Å². The normalized spacial score (nSPS) is 13.6. The number of aromatic amines is 1. The molecule has 27 heavy (non-hydrogen) atoms. The Labute approximate surface area is 160 Å². The van der Waals surface area contributed by atoms with E-state index >= 15 is 0 Å². The van der Waals surface area contributed by atoms with Crippen molar-refractivity contribution in [1.82, 2.24) is 15.2 Å². The Morgan fingerprint density at radius 1 is 1.07 bits per heavy atom. The SMILES string of the molecule is CC(CC(C)c1ccc(C(C)C)cc1F)Nc1cccc(-c2ncn[nH]2)c1. The number of aromatic nitrogens is 3. The van der Waals surface area contributed by atoms with Crippen LogP contribution < -0.4 is 5.32 Å². The van der Waals surface area contributed by atoms with E-state index in [1.165, 1.54) is 6.33 Å². The summed E-state index contributed by atoms with van der Waals surface area (Å²) in [6.45, 7) is 8.36. The molecule has 142 valence electrons. The first-order chi connectivity index (χ1) is 12.9. The number of benzene rings is 2. The van der Waals surface area contributed by atoms with Crippen molar-refractivity contribution >= 4 is 5.69 Å². The number of H-pyrrole nitrogens is 1. The van der Waals surface area contributed by atoms with E-state index in [0.717, 1.165) is 34.6 Å². The van der Waals surface area contributed by atoms with Crippen molar-refractivity contribution < 1.29 is 4.39 Å². The molecule has 4 nitrogen and oxygen atoms in total. The Morgan fingerprint density at radius 3 is 2.56 bits per heavy atom. The van der Waals surface area contributed by atoms with Gasteiger partial charge in [0, 0.05) is 17.3 Å². The highest BCUT2D eigenvalue weighted by Gasteiger charge is 2.16. The van der Waals surface area contributed by atoms with Gasteiger partial charge in [-0.25, -0.2) is 9.37 Å². The maximum absolute atomic E-state index is 14.5. The van der Waals surface area contributed by atoms with Crippen molar-refractivity contribution in [1.29, 1.82) is 0 Å². The van der Waals surface area contributed by atoms with E-state index in [2.05, 4.69) is 48.2 Å². The summed E-state index contributed by atoms with van der Waals surface area (Å²) in [7, 11) is 0. The second-order valence-electron chi connectivity index (χ2n) is 7.53. The molecule has 1 heterocycles. The minimum atomic E-state index is -0.104. The Kier molecular flexibility index (Phi) is 5.89. The molecular weight excluding hydrogens is 339 g/mol. The van der Waals surface area contributed by atoms with Gasteiger partial charge in [0.1, 0.15) is 12.1 Å². The molecule has 0 aliphatic rings. The quantitative estimate of drug-likeness (QED) is 0.561. The second kappa shape index (κ2) is 8.33. The van der Waals surface area contributed by atoms with Crippen LogP contribution in [0.15, 0.2) is 48.8 Å². The highest BCUT2D eigenvalue weighted by Crippen LogP contribution is 2.28. The van der Waals surface area contributed by atoms with Gasteiger partial charge in [0.05, 0.1) is 0 Å². The molecule has 0 radical (unpaired) electrons. The molecule has 0 saturated heterocycles. The van der Waals surface area contributed by atoms with Crippen LogP contribution in [-0.4, -0.2) is 21.2 Å². The fraction of sp³-hybridized carbons (Fsp3) is 0.364. The van der Waals surface area contributed by atoms with Crippen LogP contribution in [0.4, 0.5) is 10.1 Å². The van der Waals surface area contributed by atoms with Gasteiger partial charge in [-0.05, 0) is 54.5 Å². The minimum Gasteiger partial charge on any atom is -0.383 e. The molecular formula is C22H27FN4. The lowest BCUT2D eigenvalue weighted by atomic mass is 9.91. The Morgan fingerprint density at radius 2 is 1.89 bits per heavy atom. The van der Waals surface area contributed by atoms with Crippen LogP contribution in [-0.2, 0) is 0 Å². The minimum absolute atomic E-state index is 0.104. The van der Waals surface area contributed by atoms with E-state index in [0.29, 0.717) is 5.92 Å². The molecule has 0 bridgehead atoms. The van der Waals surface area contributed by atoms with Gasteiger partial charge in [0.15, 0.2) is 5.82 Å². The fourth-order valence-electron chi connectivity index (χ4n) is 3.40. The fourth-order valence-corrected chi connectivity index (χ4v) is 3.40. The van der Waals surface area contributed by atoms with Crippen LogP contribution in [0.5, 0.6) is 0 Å². The predicted octanol–water partition coefficient (Wildman–Crippen LogP) is 5.73. The zero-order valence-electron chi connectivity index (χ0n) is 16.3. The Balaban J connectivity index is 1.65. The summed E-state index contributed by atoms with van der Waals surface area (Å²) in [4.78, 5) is 4.19. The summed E-state index contributed by atoms with van der Waals surface area (Å²) in [6.07, 6.45) is 2.34. The third-order valence-corrected chi connectivity index (χ3v) is 4.89. The molecule has 2 N–H and O–H groups in total. The molecule has 0 amide bonds. The Hall–Kier alpha value is -2.69. The number of nitrogens with one attached hydrogen (secondary N) is 2. The first-order valence-electron chi connectivity index (χ1n) is 9.45. The third kappa shape index (κ3) is 4.73. The molecule has 2 aromatic carbocycles. The molecule has 5 heteroatoms. The highest BCUT2D eigenvalue weighted by atomic mass is 19.1. The van der Waals surface area contributed by atoms with Crippen LogP contribution in [0.25, 0.3) is 11.4 Å². The monoisotopic (exact) mass is 366 g/mol. The summed E-state index contributed by atoms with van der Waals surface area (Å²) >= 11 is 0. The predicted molar refractivity (Wildman–Crippen MR) is 108 cm³/mol. The zero-order chi connectivity index (χ0) is 19.4.